The molecule has 2 rings (SSSR count). The molecule has 90 valence electrons. The summed E-state index contributed by atoms with van der Waals surface area (Å²) >= 11 is 1.54. The summed E-state index contributed by atoms with van der Waals surface area (Å²) in [6.45, 7) is 1.93. The smallest absolute Gasteiger partial charge is 0.102 e. The third kappa shape index (κ3) is 3.02. The van der Waals surface area contributed by atoms with Crippen LogP contribution in [-0.4, -0.2) is 42.1 Å². The van der Waals surface area contributed by atoms with E-state index in [0.717, 1.165) is 4.88 Å². The molecule has 2 heterocycles. The summed E-state index contributed by atoms with van der Waals surface area (Å²) in [5.74, 6) is 0. The summed E-state index contributed by atoms with van der Waals surface area (Å²) in [5, 5.41) is 24.8. The molecule has 1 fully saturated rings. The van der Waals surface area contributed by atoms with Gasteiger partial charge in [-0.1, -0.05) is 6.07 Å². The maximum absolute atomic E-state index is 9.97. The molecule has 0 aromatic carbocycles. The van der Waals surface area contributed by atoms with Gasteiger partial charge in [-0.05, 0) is 11.4 Å². The number of rotatable bonds is 5. The molecule has 3 N–H and O–H groups in total. The van der Waals surface area contributed by atoms with Crippen LogP contribution in [0.15, 0.2) is 17.5 Å². The number of nitrogens with one attached hydrogen (secondary N) is 1. The first-order valence-electron chi connectivity index (χ1n) is 5.42. The third-order valence-corrected chi connectivity index (χ3v) is 3.72. The molecule has 2 unspecified atom stereocenters. The fourth-order valence-electron chi connectivity index (χ4n) is 1.76. The highest BCUT2D eigenvalue weighted by Gasteiger charge is 2.31. The Labute approximate surface area is 98.9 Å². The molecule has 0 radical (unpaired) electrons. The van der Waals surface area contributed by atoms with E-state index in [1.807, 2.05) is 17.5 Å². The average molecular weight is 243 g/mol. The highest BCUT2D eigenvalue weighted by molar-refractivity contribution is 7.10. The van der Waals surface area contributed by atoms with E-state index >= 15 is 0 Å². The van der Waals surface area contributed by atoms with Gasteiger partial charge in [0.2, 0.25) is 0 Å². The van der Waals surface area contributed by atoms with Crippen molar-refractivity contribution in [3.63, 3.8) is 0 Å². The van der Waals surface area contributed by atoms with E-state index in [2.05, 4.69) is 5.32 Å². The zero-order valence-corrected chi connectivity index (χ0v) is 9.87. The molecule has 0 amide bonds. The molecular formula is C11H17NO3S. The summed E-state index contributed by atoms with van der Waals surface area (Å²) in [5.41, 5.74) is -0.755. The standard InChI is InChI=1S/C11H17NO3S/c13-9(10-2-1-5-16-10)6-12-7-11(14)3-4-15-8-11/h1-2,5,9,12-14H,3-4,6-8H2. The van der Waals surface area contributed by atoms with Crippen molar-refractivity contribution in [1.29, 1.82) is 0 Å². The Bertz CT molecular complexity index is 309. The van der Waals surface area contributed by atoms with Crippen LogP contribution in [0, 0.1) is 0 Å². The van der Waals surface area contributed by atoms with Crippen LogP contribution in [0.4, 0.5) is 0 Å². The predicted molar refractivity (Wildman–Crippen MR) is 62.5 cm³/mol. The molecule has 1 aliphatic rings. The lowest BCUT2D eigenvalue weighted by Gasteiger charge is -2.21. The van der Waals surface area contributed by atoms with Crippen molar-refractivity contribution in [2.45, 2.75) is 18.1 Å². The Balaban J connectivity index is 1.72. The Morgan fingerprint density at radius 1 is 1.62 bits per heavy atom. The molecule has 1 aromatic heterocycles. The number of hydrogen-bond donors (Lipinski definition) is 3. The minimum Gasteiger partial charge on any atom is -0.386 e. The van der Waals surface area contributed by atoms with Crippen LogP contribution >= 0.6 is 11.3 Å². The number of thiophene rings is 1. The lowest BCUT2D eigenvalue weighted by molar-refractivity contribution is 0.0245. The number of ether oxygens (including phenoxy) is 1. The molecule has 5 heteroatoms. The van der Waals surface area contributed by atoms with E-state index in [0.29, 0.717) is 32.7 Å². The summed E-state index contributed by atoms with van der Waals surface area (Å²) in [7, 11) is 0. The normalized spacial score (nSPS) is 27.1. The summed E-state index contributed by atoms with van der Waals surface area (Å²) in [6.07, 6.45) is 0.167. The van der Waals surface area contributed by atoms with Crippen LogP contribution in [0.25, 0.3) is 0 Å². The largest absolute Gasteiger partial charge is 0.386 e. The lowest BCUT2D eigenvalue weighted by atomic mass is 10.0. The minimum absolute atomic E-state index is 0.384. The van der Waals surface area contributed by atoms with Crippen molar-refractivity contribution in [2.75, 3.05) is 26.3 Å². The molecule has 1 aromatic rings. The van der Waals surface area contributed by atoms with Crippen LogP contribution < -0.4 is 5.32 Å². The monoisotopic (exact) mass is 243 g/mol. The van der Waals surface area contributed by atoms with E-state index in [4.69, 9.17) is 4.74 Å². The summed E-state index contributed by atoms with van der Waals surface area (Å²) in [6, 6.07) is 3.83. The number of aliphatic hydroxyl groups excluding tert-OH is 1. The molecule has 4 nitrogen and oxygen atoms in total. The Kier molecular flexibility index (Phi) is 3.94. The van der Waals surface area contributed by atoms with Gasteiger partial charge in [0.1, 0.15) is 11.7 Å². The second-order valence-corrected chi connectivity index (χ2v) is 5.17. The van der Waals surface area contributed by atoms with Crippen molar-refractivity contribution in [1.82, 2.24) is 5.32 Å². The molecule has 16 heavy (non-hydrogen) atoms. The van der Waals surface area contributed by atoms with Crippen molar-refractivity contribution in [3.8, 4) is 0 Å². The van der Waals surface area contributed by atoms with Crippen LogP contribution in [0.5, 0.6) is 0 Å². The van der Waals surface area contributed by atoms with Crippen LogP contribution in [-0.2, 0) is 4.74 Å². The molecule has 0 spiro atoms. The van der Waals surface area contributed by atoms with Gasteiger partial charge < -0.3 is 20.3 Å². The zero-order chi connectivity index (χ0) is 11.4. The number of hydrogen-bond acceptors (Lipinski definition) is 5. The first-order chi connectivity index (χ1) is 7.70. The van der Waals surface area contributed by atoms with E-state index in [9.17, 15) is 10.2 Å². The molecule has 2 atom stereocenters. The summed E-state index contributed by atoms with van der Waals surface area (Å²) in [4.78, 5) is 0.946. The first kappa shape index (κ1) is 12.0. The van der Waals surface area contributed by atoms with E-state index < -0.39 is 11.7 Å². The van der Waals surface area contributed by atoms with Gasteiger partial charge in [0.05, 0.1) is 6.61 Å². The zero-order valence-electron chi connectivity index (χ0n) is 9.06. The topological polar surface area (TPSA) is 61.7 Å². The summed E-state index contributed by atoms with van der Waals surface area (Å²) < 4.78 is 5.14. The van der Waals surface area contributed by atoms with Crippen molar-refractivity contribution in [2.24, 2.45) is 0 Å². The molecule has 0 saturated carbocycles. The number of aliphatic hydroxyl groups is 2. The first-order valence-corrected chi connectivity index (χ1v) is 6.30. The van der Waals surface area contributed by atoms with E-state index in [1.165, 1.54) is 11.3 Å². The second-order valence-electron chi connectivity index (χ2n) is 4.19. The van der Waals surface area contributed by atoms with Gasteiger partial charge in [-0.25, -0.2) is 0 Å². The molecular weight excluding hydrogens is 226 g/mol. The maximum Gasteiger partial charge on any atom is 0.102 e. The highest BCUT2D eigenvalue weighted by atomic mass is 32.1. The van der Waals surface area contributed by atoms with E-state index in [-0.39, 0.29) is 0 Å². The molecule has 0 bridgehead atoms. The molecule has 1 saturated heterocycles. The van der Waals surface area contributed by atoms with Crippen LogP contribution in [0.1, 0.15) is 17.4 Å². The van der Waals surface area contributed by atoms with Gasteiger partial charge in [-0.3, -0.25) is 0 Å². The maximum atomic E-state index is 9.97. The van der Waals surface area contributed by atoms with Gasteiger partial charge in [-0.2, -0.15) is 0 Å². The van der Waals surface area contributed by atoms with Crippen LogP contribution in [0.2, 0.25) is 0 Å². The average Bonchev–Trinajstić information content (AvgIpc) is 2.88. The quantitative estimate of drug-likeness (QED) is 0.705. The molecule has 1 aliphatic heterocycles. The predicted octanol–water partition coefficient (Wildman–Crippen LogP) is 0.522. The molecule has 0 aliphatic carbocycles. The van der Waals surface area contributed by atoms with Gasteiger partial charge >= 0.3 is 0 Å². The van der Waals surface area contributed by atoms with Gasteiger partial charge in [-0.15, -0.1) is 11.3 Å². The van der Waals surface area contributed by atoms with Crippen molar-refractivity contribution in [3.05, 3.63) is 22.4 Å². The van der Waals surface area contributed by atoms with Crippen LogP contribution in [0.3, 0.4) is 0 Å². The second kappa shape index (κ2) is 5.25. The Hall–Kier alpha value is -0.460. The fourth-order valence-corrected chi connectivity index (χ4v) is 2.47. The van der Waals surface area contributed by atoms with Gasteiger partial charge in [0.15, 0.2) is 0 Å². The van der Waals surface area contributed by atoms with Crippen molar-refractivity contribution >= 4 is 11.3 Å². The highest BCUT2D eigenvalue weighted by Crippen LogP contribution is 2.19. The SMILES string of the molecule is OC(CNCC1(O)CCOC1)c1cccs1. The Morgan fingerprint density at radius 2 is 2.50 bits per heavy atom. The fraction of sp³-hybridized carbons (Fsp3) is 0.636. The van der Waals surface area contributed by atoms with E-state index in [1.54, 1.807) is 0 Å². The minimum atomic E-state index is -0.755. The third-order valence-electron chi connectivity index (χ3n) is 2.75. The van der Waals surface area contributed by atoms with Gasteiger partial charge in [0.25, 0.3) is 0 Å². The van der Waals surface area contributed by atoms with Crippen molar-refractivity contribution < 1.29 is 14.9 Å². The lowest BCUT2D eigenvalue weighted by Crippen LogP contribution is -2.42. The van der Waals surface area contributed by atoms with Gasteiger partial charge in [0, 0.05) is 31.0 Å². The Morgan fingerprint density at radius 3 is 3.12 bits per heavy atom.